The van der Waals surface area contributed by atoms with Gasteiger partial charge in [-0.25, -0.2) is 0 Å². The van der Waals surface area contributed by atoms with Crippen LogP contribution in [0.4, 0.5) is 5.69 Å². The minimum Gasteiger partial charge on any atom is -0.368 e. The first-order chi connectivity index (χ1) is 9.52. The molecule has 2 nitrogen and oxygen atoms in total. The maximum absolute atomic E-state index is 3.76. The van der Waals surface area contributed by atoms with E-state index in [0.29, 0.717) is 12.1 Å². The van der Waals surface area contributed by atoms with Crippen LogP contribution in [0.25, 0.3) is 0 Å². The summed E-state index contributed by atoms with van der Waals surface area (Å²) in [5, 5.41) is 3.67. The molecule has 0 spiro atoms. The molecule has 2 atom stereocenters. The van der Waals surface area contributed by atoms with E-state index in [9.17, 15) is 0 Å². The Morgan fingerprint density at radius 3 is 2.70 bits per heavy atom. The topological polar surface area (TPSA) is 15.3 Å². The van der Waals surface area contributed by atoms with Crippen molar-refractivity contribution in [1.29, 1.82) is 0 Å². The van der Waals surface area contributed by atoms with Gasteiger partial charge >= 0.3 is 0 Å². The average molecular weight is 339 g/mol. The van der Waals surface area contributed by atoms with E-state index >= 15 is 0 Å². The third-order valence-electron chi connectivity index (χ3n) is 4.24. The van der Waals surface area contributed by atoms with Crippen molar-refractivity contribution >= 4 is 21.6 Å². The van der Waals surface area contributed by atoms with Crippen molar-refractivity contribution in [1.82, 2.24) is 5.32 Å². The largest absolute Gasteiger partial charge is 0.368 e. The Balaban J connectivity index is 2.12. The number of benzene rings is 1. The van der Waals surface area contributed by atoms with Crippen molar-refractivity contribution in [3.05, 3.63) is 27.7 Å². The lowest BCUT2D eigenvalue weighted by Gasteiger charge is -2.41. The van der Waals surface area contributed by atoms with Gasteiger partial charge in [0.1, 0.15) is 0 Å². The second kappa shape index (κ2) is 6.95. The molecule has 0 radical (unpaired) electrons. The van der Waals surface area contributed by atoms with Crippen LogP contribution in [-0.2, 0) is 0 Å². The van der Waals surface area contributed by atoms with Gasteiger partial charge in [0.25, 0.3) is 0 Å². The normalized spacial score (nSPS) is 23.1. The first kappa shape index (κ1) is 15.8. The Kier molecular flexibility index (Phi) is 5.50. The maximum Gasteiger partial charge on any atom is 0.0542 e. The number of rotatable bonds is 4. The van der Waals surface area contributed by atoms with Crippen LogP contribution in [0.5, 0.6) is 0 Å². The molecule has 0 aromatic heterocycles. The first-order valence-electron chi connectivity index (χ1n) is 7.79. The van der Waals surface area contributed by atoms with E-state index in [1.807, 2.05) is 0 Å². The molecule has 2 unspecified atom stereocenters. The van der Waals surface area contributed by atoms with Gasteiger partial charge in [-0.1, -0.05) is 13.0 Å². The van der Waals surface area contributed by atoms with Crippen LogP contribution < -0.4 is 10.2 Å². The number of halogens is 1. The quantitative estimate of drug-likeness (QED) is 0.873. The molecule has 1 aliphatic heterocycles. The molecule has 1 aromatic carbocycles. The highest BCUT2D eigenvalue weighted by Gasteiger charge is 2.27. The lowest BCUT2D eigenvalue weighted by Crippen LogP contribution is -2.48. The summed E-state index contributed by atoms with van der Waals surface area (Å²) in [5.74, 6) is 0. The van der Waals surface area contributed by atoms with Gasteiger partial charge in [0, 0.05) is 23.1 Å². The molecule has 0 bridgehead atoms. The van der Waals surface area contributed by atoms with Crippen LogP contribution in [0.1, 0.15) is 44.2 Å². The molecule has 20 heavy (non-hydrogen) atoms. The molecule has 112 valence electrons. The Bertz CT molecular complexity index is 435. The summed E-state index contributed by atoms with van der Waals surface area (Å²) in [7, 11) is 0. The zero-order valence-electron chi connectivity index (χ0n) is 13.2. The van der Waals surface area contributed by atoms with Crippen LogP contribution in [0, 0.1) is 13.8 Å². The predicted octanol–water partition coefficient (Wildman–Crippen LogP) is 4.42. The van der Waals surface area contributed by atoms with Crippen LogP contribution in [0.2, 0.25) is 0 Å². The van der Waals surface area contributed by atoms with Gasteiger partial charge in [-0.05, 0) is 79.7 Å². The molecule has 2 rings (SSSR count). The van der Waals surface area contributed by atoms with Gasteiger partial charge in [-0.3, -0.25) is 0 Å². The Morgan fingerprint density at radius 2 is 2.10 bits per heavy atom. The predicted molar refractivity (Wildman–Crippen MR) is 91.7 cm³/mol. The van der Waals surface area contributed by atoms with Crippen LogP contribution >= 0.6 is 15.9 Å². The molecule has 0 amide bonds. The summed E-state index contributed by atoms with van der Waals surface area (Å²) in [6, 6.07) is 5.80. The number of hydrogen-bond acceptors (Lipinski definition) is 2. The van der Waals surface area contributed by atoms with E-state index in [1.165, 1.54) is 40.5 Å². The third kappa shape index (κ3) is 3.56. The van der Waals surface area contributed by atoms with Crippen molar-refractivity contribution in [3.8, 4) is 0 Å². The van der Waals surface area contributed by atoms with E-state index < -0.39 is 0 Å². The second-order valence-corrected chi connectivity index (χ2v) is 6.98. The van der Waals surface area contributed by atoms with E-state index in [0.717, 1.165) is 13.1 Å². The van der Waals surface area contributed by atoms with Gasteiger partial charge in [-0.15, -0.1) is 0 Å². The zero-order chi connectivity index (χ0) is 14.7. The molecule has 1 fully saturated rings. The average Bonchev–Trinajstić information content (AvgIpc) is 2.37. The zero-order valence-corrected chi connectivity index (χ0v) is 14.8. The summed E-state index contributed by atoms with van der Waals surface area (Å²) in [4.78, 5) is 2.57. The van der Waals surface area contributed by atoms with E-state index in [1.54, 1.807) is 0 Å². The molecule has 1 aromatic rings. The highest BCUT2D eigenvalue weighted by Crippen LogP contribution is 2.35. The van der Waals surface area contributed by atoms with E-state index in [2.05, 4.69) is 66.0 Å². The SMILES string of the molecule is CCCNC1CCN(c2c(C)cc(C)cc2Br)C(C)C1. The molecule has 1 saturated heterocycles. The fourth-order valence-corrected chi connectivity index (χ4v) is 4.21. The number of aryl methyl sites for hydroxylation is 2. The summed E-state index contributed by atoms with van der Waals surface area (Å²) in [6.45, 7) is 11.3. The van der Waals surface area contributed by atoms with Crippen LogP contribution in [0.15, 0.2) is 16.6 Å². The third-order valence-corrected chi connectivity index (χ3v) is 4.85. The Hall–Kier alpha value is -0.540. The van der Waals surface area contributed by atoms with Crippen LogP contribution in [0.3, 0.4) is 0 Å². The monoisotopic (exact) mass is 338 g/mol. The Labute approximate surface area is 132 Å². The summed E-state index contributed by atoms with van der Waals surface area (Å²) in [6.07, 6.45) is 3.70. The van der Waals surface area contributed by atoms with Gasteiger partial charge < -0.3 is 10.2 Å². The molecule has 1 N–H and O–H groups in total. The lowest BCUT2D eigenvalue weighted by atomic mass is 9.96. The van der Waals surface area contributed by atoms with Crippen molar-refractivity contribution < 1.29 is 0 Å². The standard InChI is InChI=1S/C17H27BrN2/c1-5-7-19-15-6-8-20(14(4)11-15)17-13(3)9-12(2)10-16(17)18/h9-10,14-15,19H,5-8,11H2,1-4H3. The summed E-state index contributed by atoms with van der Waals surface area (Å²) in [5.41, 5.74) is 4.09. The molecular weight excluding hydrogens is 312 g/mol. The molecular formula is C17H27BrN2. The van der Waals surface area contributed by atoms with E-state index in [-0.39, 0.29) is 0 Å². The smallest absolute Gasteiger partial charge is 0.0542 e. The second-order valence-electron chi connectivity index (χ2n) is 6.13. The first-order valence-corrected chi connectivity index (χ1v) is 8.59. The highest BCUT2D eigenvalue weighted by atomic mass is 79.9. The van der Waals surface area contributed by atoms with Crippen LogP contribution in [-0.4, -0.2) is 25.2 Å². The van der Waals surface area contributed by atoms with Crippen molar-refractivity contribution in [2.45, 2.75) is 59.0 Å². The molecule has 1 heterocycles. The minimum absolute atomic E-state index is 0.593. The number of anilines is 1. The molecule has 0 aliphatic carbocycles. The van der Waals surface area contributed by atoms with Gasteiger partial charge in [0.2, 0.25) is 0 Å². The van der Waals surface area contributed by atoms with Gasteiger partial charge in [0.15, 0.2) is 0 Å². The molecule has 3 heteroatoms. The molecule has 0 saturated carbocycles. The van der Waals surface area contributed by atoms with E-state index in [4.69, 9.17) is 0 Å². The number of nitrogens with zero attached hydrogens (tertiary/aromatic N) is 1. The number of piperidine rings is 1. The van der Waals surface area contributed by atoms with Gasteiger partial charge in [-0.2, -0.15) is 0 Å². The maximum atomic E-state index is 3.76. The van der Waals surface area contributed by atoms with Crippen molar-refractivity contribution in [2.24, 2.45) is 0 Å². The fourth-order valence-electron chi connectivity index (χ4n) is 3.31. The van der Waals surface area contributed by atoms with Crippen molar-refractivity contribution in [2.75, 3.05) is 18.0 Å². The minimum atomic E-state index is 0.593. The van der Waals surface area contributed by atoms with Crippen molar-refractivity contribution in [3.63, 3.8) is 0 Å². The van der Waals surface area contributed by atoms with Gasteiger partial charge in [0.05, 0.1) is 5.69 Å². The summed E-state index contributed by atoms with van der Waals surface area (Å²) >= 11 is 3.76. The summed E-state index contributed by atoms with van der Waals surface area (Å²) < 4.78 is 1.24. The fraction of sp³-hybridized carbons (Fsp3) is 0.647. The molecule has 1 aliphatic rings. The lowest BCUT2D eigenvalue weighted by molar-refractivity contribution is 0.368. The number of hydrogen-bond donors (Lipinski definition) is 1. The highest BCUT2D eigenvalue weighted by molar-refractivity contribution is 9.10. The number of nitrogens with one attached hydrogen (secondary N) is 1. The Morgan fingerprint density at radius 1 is 1.35 bits per heavy atom.